The quantitative estimate of drug-likeness (QED) is 0.649. The zero-order valence-electron chi connectivity index (χ0n) is 16.9. The zero-order valence-corrected chi connectivity index (χ0v) is 18.5. The van der Waals surface area contributed by atoms with Gasteiger partial charge in [0.05, 0.1) is 10.7 Å². The lowest BCUT2D eigenvalue weighted by atomic mass is 9.85. The normalized spacial score (nSPS) is 19.0. The number of rotatable bonds is 6. The van der Waals surface area contributed by atoms with Crippen LogP contribution in [0.5, 0.6) is 0 Å². The summed E-state index contributed by atoms with van der Waals surface area (Å²) in [5, 5.41) is 7.49. The topological polar surface area (TPSA) is 66.0 Å². The summed E-state index contributed by atoms with van der Waals surface area (Å²) in [6.45, 7) is 4.16. The van der Waals surface area contributed by atoms with Crippen LogP contribution in [0.2, 0.25) is 5.02 Å². The fourth-order valence-electron chi connectivity index (χ4n) is 4.03. The lowest BCUT2D eigenvalue weighted by Gasteiger charge is -2.29. The first kappa shape index (κ1) is 20.5. The van der Waals surface area contributed by atoms with E-state index in [0.717, 1.165) is 36.2 Å². The van der Waals surface area contributed by atoms with E-state index < -0.39 is 0 Å². The summed E-state index contributed by atoms with van der Waals surface area (Å²) >= 11 is 8.30. The lowest BCUT2D eigenvalue weighted by molar-refractivity contribution is 0.327. The molecule has 1 aromatic heterocycles. The van der Waals surface area contributed by atoms with Gasteiger partial charge < -0.3 is 15.5 Å². The maximum atomic E-state index is 6.33. The van der Waals surface area contributed by atoms with Crippen LogP contribution in [-0.4, -0.2) is 45.6 Å². The van der Waals surface area contributed by atoms with E-state index in [0.29, 0.717) is 28.9 Å². The van der Waals surface area contributed by atoms with Crippen molar-refractivity contribution in [1.82, 2.24) is 15.0 Å². The third-order valence-electron chi connectivity index (χ3n) is 5.75. The molecule has 2 aliphatic rings. The maximum absolute atomic E-state index is 6.33. The Balaban J connectivity index is 1.57. The third-order valence-corrected chi connectivity index (χ3v) is 7.02. The molecule has 0 bridgehead atoms. The number of benzene rings is 1. The van der Waals surface area contributed by atoms with Crippen LogP contribution >= 0.6 is 23.4 Å². The van der Waals surface area contributed by atoms with Gasteiger partial charge in [-0.15, -0.1) is 0 Å². The average Bonchev–Trinajstić information content (AvgIpc) is 2.76. The first-order chi connectivity index (χ1) is 14.2. The van der Waals surface area contributed by atoms with Crippen molar-refractivity contribution >= 4 is 46.9 Å². The summed E-state index contributed by atoms with van der Waals surface area (Å²) in [5.74, 6) is 4.77. The molecule has 4 rings (SSSR count). The van der Waals surface area contributed by atoms with Crippen LogP contribution in [0.4, 0.5) is 23.5 Å². The molecule has 1 saturated carbocycles. The Kier molecular flexibility index (Phi) is 6.98. The van der Waals surface area contributed by atoms with Crippen LogP contribution in [0.15, 0.2) is 24.3 Å². The van der Waals surface area contributed by atoms with Gasteiger partial charge in [0.2, 0.25) is 17.8 Å². The Morgan fingerprint density at radius 2 is 1.76 bits per heavy atom. The highest BCUT2D eigenvalue weighted by atomic mass is 35.5. The summed E-state index contributed by atoms with van der Waals surface area (Å²) in [7, 11) is 0. The molecule has 2 aromatic rings. The monoisotopic (exact) mass is 432 g/mol. The molecule has 2 fully saturated rings. The number of nitrogens with one attached hydrogen (secondary N) is 2. The first-order valence-electron chi connectivity index (χ1n) is 10.6. The molecule has 0 radical (unpaired) electrons. The molecule has 8 heteroatoms. The smallest absolute Gasteiger partial charge is 0.233 e. The molecule has 156 valence electrons. The van der Waals surface area contributed by atoms with E-state index in [4.69, 9.17) is 21.6 Å². The van der Waals surface area contributed by atoms with E-state index in [1.165, 1.54) is 32.1 Å². The Bertz CT molecular complexity index is 808. The van der Waals surface area contributed by atoms with E-state index in [-0.39, 0.29) is 0 Å². The maximum Gasteiger partial charge on any atom is 0.233 e. The molecule has 2 heterocycles. The van der Waals surface area contributed by atoms with Crippen molar-refractivity contribution in [2.45, 2.75) is 45.1 Å². The van der Waals surface area contributed by atoms with Crippen molar-refractivity contribution < 1.29 is 0 Å². The number of anilines is 4. The number of hydrogen-bond donors (Lipinski definition) is 2. The number of hydrogen-bond acceptors (Lipinski definition) is 7. The SMILES string of the molecule is CC(Nc1nc(Nc2ccccc2Cl)nc(N2CCSCC2)n1)C1CCCCC1. The van der Waals surface area contributed by atoms with Gasteiger partial charge in [-0.2, -0.15) is 26.7 Å². The number of thioether (sulfide) groups is 1. The van der Waals surface area contributed by atoms with Crippen LogP contribution < -0.4 is 15.5 Å². The van der Waals surface area contributed by atoms with Gasteiger partial charge in [0, 0.05) is 30.6 Å². The molecule has 29 heavy (non-hydrogen) atoms. The Labute approximate surface area is 182 Å². The summed E-state index contributed by atoms with van der Waals surface area (Å²) in [6.07, 6.45) is 6.56. The minimum absolute atomic E-state index is 0.343. The average molecular weight is 433 g/mol. The highest BCUT2D eigenvalue weighted by Gasteiger charge is 2.22. The van der Waals surface area contributed by atoms with Crippen LogP contribution in [0.3, 0.4) is 0 Å². The van der Waals surface area contributed by atoms with Crippen molar-refractivity contribution in [3.05, 3.63) is 29.3 Å². The van der Waals surface area contributed by atoms with Crippen molar-refractivity contribution in [3.8, 4) is 0 Å². The van der Waals surface area contributed by atoms with Crippen molar-refractivity contribution in [2.75, 3.05) is 40.1 Å². The van der Waals surface area contributed by atoms with E-state index >= 15 is 0 Å². The second-order valence-electron chi connectivity index (χ2n) is 7.82. The van der Waals surface area contributed by atoms with Crippen molar-refractivity contribution in [1.29, 1.82) is 0 Å². The molecule has 0 spiro atoms. The van der Waals surface area contributed by atoms with Crippen LogP contribution in [0.25, 0.3) is 0 Å². The minimum Gasteiger partial charge on any atom is -0.351 e. The Morgan fingerprint density at radius 3 is 2.52 bits per heavy atom. The van der Waals surface area contributed by atoms with Gasteiger partial charge in [-0.25, -0.2) is 0 Å². The van der Waals surface area contributed by atoms with E-state index in [1.807, 2.05) is 36.0 Å². The molecule has 1 saturated heterocycles. The van der Waals surface area contributed by atoms with E-state index in [2.05, 4.69) is 27.4 Å². The standard InChI is InChI=1S/C21H29ClN6S/c1-15(16-7-3-2-4-8-16)23-19-25-20(24-18-10-6-5-9-17(18)22)27-21(26-19)28-11-13-29-14-12-28/h5-6,9-10,15-16H,2-4,7-8,11-14H2,1H3,(H2,23,24,25,26,27). The fraction of sp³-hybridized carbons (Fsp3) is 0.571. The fourth-order valence-corrected chi connectivity index (χ4v) is 5.11. The molecule has 0 amide bonds. The molecule has 1 unspecified atom stereocenters. The van der Waals surface area contributed by atoms with Gasteiger partial charge in [-0.05, 0) is 37.8 Å². The molecule has 1 aliphatic carbocycles. The van der Waals surface area contributed by atoms with Crippen LogP contribution in [0, 0.1) is 5.92 Å². The number of halogens is 1. The Hall–Kier alpha value is -1.73. The van der Waals surface area contributed by atoms with Gasteiger partial charge in [-0.1, -0.05) is 43.0 Å². The van der Waals surface area contributed by atoms with Gasteiger partial charge >= 0.3 is 0 Å². The second-order valence-corrected chi connectivity index (χ2v) is 9.45. The van der Waals surface area contributed by atoms with Crippen LogP contribution in [0.1, 0.15) is 39.0 Å². The number of para-hydroxylation sites is 1. The second kappa shape index (κ2) is 9.85. The molecule has 2 N–H and O–H groups in total. The predicted octanol–water partition coefficient (Wildman–Crippen LogP) is 5.20. The van der Waals surface area contributed by atoms with E-state index in [9.17, 15) is 0 Å². The van der Waals surface area contributed by atoms with E-state index in [1.54, 1.807) is 0 Å². The number of nitrogens with zero attached hydrogens (tertiary/aromatic N) is 4. The number of aromatic nitrogens is 3. The first-order valence-corrected chi connectivity index (χ1v) is 12.1. The van der Waals surface area contributed by atoms with Gasteiger partial charge in [0.15, 0.2) is 0 Å². The zero-order chi connectivity index (χ0) is 20.1. The highest BCUT2D eigenvalue weighted by molar-refractivity contribution is 7.99. The molecule has 1 aromatic carbocycles. The van der Waals surface area contributed by atoms with Crippen molar-refractivity contribution in [3.63, 3.8) is 0 Å². The predicted molar refractivity (Wildman–Crippen MR) is 124 cm³/mol. The highest BCUT2D eigenvalue weighted by Crippen LogP contribution is 2.29. The summed E-state index contributed by atoms with van der Waals surface area (Å²) in [5.41, 5.74) is 0.798. The minimum atomic E-state index is 0.343. The largest absolute Gasteiger partial charge is 0.351 e. The molecule has 1 atom stereocenters. The summed E-state index contributed by atoms with van der Waals surface area (Å²) < 4.78 is 0. The van der Waals surface area contributed by atoms with Gasteiger partial charge in [-0.3, -0.25) is 0 Å². The lowest BCUT2D eigenvalue weighted by Crippen LogP contribution is -2.35. The van der Waals surface area contributed by atoms with Gasteiger partial charge in [0.25, 0.3) is 0 Å². The van der Waals surface area contributed by atoms with Crippen molar-refractivity contribution in [2.24, 2.45) is 5.92 Å². The van der Waals surface area contributed by atoms with Gasteiger partial charge in [0.1, 0.15) is 0 Å². The Morgan fingerprint density at radius 1 is 1.03 bits per heavy atom. The molecular weight excluding hydrogens is 404 g/mol. The summed E-state index contributed by atoms with van der Waals surface area (Å²) in [4.78, 5) is 16.4. The molecule has 6 nitrogen and oxygen atoms in total. The third kappa shape index (κ3) is 5.45. The molecular formula is C21H29ClN6S. The molecule has 1 aliphatic heterocycles. The summed E-state index contributed by atoms with van der Waals surface area (Å²) in [6, 6.07) is 7.99. The van der Waals surface area contributed by atoms with Crippen LogP contribution in [-0.2, 0) is 0 Å².